The highest BCUT2D eigenvalue weighted by Gasteiger charge is 2.50. The average Bonchev–Trinajstić information content (AvgIpc) is 3.74. The first-order chi connectivity index (χ1) is 19.2. The van der Waals surface area contributed by atoms with E-state index in [9.17, 15) is 19.5 Å². The molecule has 2 aliphatic heterocycles. The third-order valence-electron chi connectivity index (χ3n) is 7.61. The topological polar surface area (TPSA) is 130 Å². The molecule has 0 saturated carbocycles. The summed E-state index contributed by atoms with van der Waals surface area (Å²) in [5, 5.41) is 15.6. The molecule has 2 heterocycles. The van der Waals surface area contributed by atoms with Gasteiger partial charge in [0.2, 0.25) is 11.8 Å². The minimum atomic E-state index is -0.948. The second kappa shape index (κ2) is 13.4. The fraction of sp³-hybridized carbons (Fsp3) is 0.500. The van der Waals surface area contributed by atoms with Crippen LogP contribution < -0.4 is 15.4 Å². The van der Waals surface area contributed by atoms with Gasteiger partial charge in [-0.3, -0.25) is 19.3 Å². The molecule has 10 nitrogen and oxygen atoms in total. The van der Waals surface area contributed by atoms with Crippen LogP contribution in [0.2, 0.25) is 0 Å². The van der Waals surface area contributed by atoms with E-state index in [1.165, 1.54) is 0 Å². The van der Waals surface area contributed by atoms with Gasteiger partial charge in [0.1, 0.15) is 17.4 Å². The highest BCUT2D eigenvalue weighted by molar-refractivity contribution is 5.98. The standard InChI is InChI=1S/C30H39N3O7/c1-20(33-13-14-39-18-23(33)17-34)28(36)32-26(16-22-9-11-24(38-3)12-10-22)29(37)31-25(27(35)30(2)19-40-30)15-21-7-5-4-6-8-21/h4-12,20,23,25-26,34H,13-19H2,1-3H3,(H,31,37)(H,32,36)/t20-,23-,25-,26-,30+/m0/s1. The Hall–Kier alpha value is -3.31. The van der Waals surface area contributed by atoms with Crippen LogP contribution in [0.4, 0.5) is 0 Å². The molecular formula is C30H39N3O7. The molecule has 0 unspecified atom stereocenters. The Balaban J connectivity index is 1.54. The zero-order chi connectivity index (χ0) is 28.7. The molecule has 10 heteroatoms. The summed E-state index contributed by atoms with van der Waals surface area (Å²) in [6, 6.07) is 14.0. The highest BCUT2D eigenvalue weighted by atomic mass is 16.6. The van der Waals surface area contributed by atoms with Crippen LogP contribution in [0.5, 0.6) is 5.75 Å². The van der Waals surface area contributed by atoms with Gasteiger partial charge in [-0.25, -0.2) is 0 Å². The molecule has 4 rings (SSSR count). The summed E-state index contributed by atoms with van der Waals surface area (Å²) in [7, 11) is 1.58. The number of nitrogens with zero attached hydrogens (tertiary/aromatic N) is 1. The maximum absolute atomic E-state index is 13.8. The van der Waals surface area contributed by atoms with E-state index in [-0.39, 0.29) is 30.8 Å². The van der Waals surface area contributed by atoms with Gasteiger partial charge in [-0.1, -0.05) is 42.5 Å². The SMILES string of the molecule is COc1ccc(C[C@H](NC(=O)[C@H](C)N2CCOC[C@@H]2CO)C(=O)N[C@@H](Cc2ccccc2)C(=O)[C@@]2(C)CO2)cc1. The van der Waals surface area contributed by atoms with Crippen molar-refractivity contribution in [3.8, 4) is 5.75 Å². The summed E-state index contributed by atoms with van der Waals surface area (Å²) in [6.45, 7) is 4.90. The van der Waals surface area contributed by atoms with E-state index in [0.29, 0.717) is 38.5 Å². The van der Waals surface area contributed by atoms with Gasteiger partial charge in [0, 0.05) is 13.0 Å². The summed E-state index contributed by atoms with van der Waals surface area (Å²) in [6.07, 6.45) is 0.511. The maximum atomic E-state index is 13.8. The third-order valence-corrected chi connectivity index (χ3v) is 7.61. The number of nitrogens with one attached hydrogen (secondary N) is 2. The molecule has 5 atom stereocenters. The van der Waals surface area contributed by atoms with Crippen molar-refractivity contribution in [3.63, 3.8) is 0 Å². The molecule has 0 radical (unpaired) electrons. The largest absolute Gasteiger partial charge is 0.497 e. The van der Waals surface area contributed by atoms with E-state index in [1.807, 2.05) is 47.4 Å². The zero-order valence-electron chi connectivity index (χ0n) is 23.3. The van der Waals surface area contributed by atoms with Crippen LogP contribution in [0.25, 0.3) is 0 Å². The molecule has 3 N–H and O–H groups in total. The lowest BCUT2D eigenvalue weighted by atomic mass is 9.94. The quantitative estimate of drug-likeness (QED) is 0.312. The first kappa shape index (κ1) is 29.7. The summed E-state index contributed by atoms with van der Waals surface area (Å²) in [5.74, 6) is -0.337. The number of epoxide rings is 1. The number of carbonyl (C=O) groups excluding carboxylic acids is 3. The Kier molecular flexibility index (Phi) is 9.91. The number of rotatable bonds is 13. The zero-order valence-corrected chi connectivity index (χ0v) is 23.3. The smallest absolute Gasteiger partial charge is 0.243 e. The summed E-state index contributed by atoms with van der Waals surface area (Å²) >= 11 is 0. The fourth-order valence-corrected chi connectivity index (χ4v) is 4.94. The van der Waals surface area contributed by atoms with Crippen molar-refractivity contribution in [1.29, 1.82) is 0 Å². The van der Waals surface area contributed by atoms with E-state index in [4.69, 9.17) is 14.2 Å². The monoisotopic (exact) mass is 553 g/mol. The minimum Gasteiger partial charge on any atom is -0.497 e. The molecule has 2 fully saturated rings. The Morgan fingerprint density at radius 3 is 2.27 bits per heavy atom. The van der Waals surface area contributed by atoms with Crippen molar-refractivity contribution in [2.45, 2.75) is 56.5 Å². The van der Waals surface area contributed by atoms with Crippen LogP contribution >= 0.6 is 0 Å². The van der Waals surface area contributed by atoms with Gasteiger partial charge in [-0.05, 0) is 43.5 Å². The van der Waals surface area contributed by atoms with E-state index < -0.39 is 29.6 Å². The van der Waals surface area contributed by atoms with E-state index >= 15 is 0 Å². The van der Waals surface area contributed by atoms with Crippen LogP contribution in [-0.2, 0) is 36.7 Å². The number of aliphatic hydroxyl groups excluding tert-OH is 1. The van der Waals surface area contributed by atoms with Crippen molar-refractivity contribution < 1.29 is 33.7 Å². The molecule has 0 aliphatic carbocycles. The van der Waals surface area contributed by atoms with E-state index in [2.05, 4.69) is 10.6 Å². The fourth-order valence-electron chi connectivity index (χ4n) is 4.94. The number of hydrogen-bond acceptors (Lipinski definition) is 8. The lowest BCUT2D eigenvalue weighted by Gasteiger charge is -2.38. The van der Waals surface area contributed by atoms with Crippen LogP contribution in [-0.4, -0.2) is 97.5 Å². The summed E-state index contributed by atoms with van der Waals surface area (Å²) in [4.78, 5) is 42.4. The van der Waals surface area contributed by atoms with Gasteiger partial charge in [0.25, 0.3) is 0 Å². The van der Waals surface area contributed by atoms with E-state index in [1.54, 1.807) is 33.1 Å². The van der Waals surface area contributed by atoms with Crippen LogP contribution in [0.1, 0.15) is 25.0 Å². The van der Waals surface area contributed by atoms with Gasteiger partial charge >= 0.3 is 0 Å². The molecule has 2 aromatic carbocycles. The van der Waals surface area contributed by atoms with Crippen LogP contribution in [0, 0.1) is 0 Å². The number of Topliss-reactive ketones (excluding diaryl/α,β-unsaturated/α-hetero) is 1. The summed E-state index contributed by atoms with van der Waals surface area (Å²) in [5.41, 5.74) is 0.792. The number of ether oxygens (including phenoxy) is 3. The molecule has 2 amide bonds. The van der Waals surface area contributed by atoms with Gasteiger partial charge in [-0.2, -0.15) is 0 Å². The second-order valence-electron chi connectivity index (χ2n) is 10.6. The van der Waals surface area contributed by atoms with E-state index in [0.717, 1.165) is 11.1 Å². The van der Waals surface area contributed by atoms with Crippen molar-refractivity contribution in [2.24, 2.45) is 0 Å². The Bertz CT molecular complexity index is 1150. The molecule has 0 bridgehead atoms. The number of carbonyl (C=O) groups is 3. The molecule has 0 aromatic heterocycles. The van der Waals surface area contributed by atoms with Gasteiger partial charge < -0.3 is 30.0 Å². The molecule has 40 heavy (non-hydrogen) atoms. The number of morpholine rings is 1. The second-order valence-corrected chi connectivity index (χ2v) is 10.6. The predicted octanol–water partition coefficient (Wildman–Crippen LogP) is 0.890. The van der Waals surface area contributed by atoms with Gasteiger partial charge in [0.05, 0.1) is 51.7 Å². The van der Waals surface area contributed by atoms with Crippen molar-refractivity contribution in [2.75, 3.05) is 40.1 Å². The molecule has 216 valence electrons. The molecular weight excluding hydrogens is 514 g/mol. The summed E-state index contributed by atoms with van der Waals surface area (Å²) < 4.78 is 16.1. The van der Waals surface area contributed by atoms with Crippen molar-refractivity contribution >= 4 is 17.6 Å². The number of methoxy groups -OCH3 is 1. The average molecular weight is 554 g/mol. The Morgan fingerprint density at radius 1 is 1.02 bits per heavy atom. The van der Waals surface area contributed by atoms with Crippen LogP contribution in [0.15, 0.2) is 54.6 Å². The minimum absolute atomic E-state index is 0.141. The molecule has 2 aliphatic rings. The molecule has 0 spiro atoms. The number of amides is 2. The number of benzene rings is 2. The predicted molar refractivity (Wildman–Crippen MR) is 148 cm³/mol. The number of aliphatic hydroxyl groups is 1. The normalized spacial score (nSPS) is 22.9. The molecule has 2 aromatic rings. The Labute approximate surface area is 235 Å². The van der Waals surface area contributed by atoms with Crippen LogP contribution in [0.3, 0.4) is 0 Å². The first-order valence-electron chi connectivity index (χ1n) is 13.6. The maximum Gasteiger partial charge on any atom is 0.243 e. The van der Waals surface area contributed by atoms with Crippen molar-refractivity contribution in [1.82, 2.24) is 15.5 Å². The lowest BCUT2D eigenvalue weighted by Crippen LogP contribution is -2.60. The number of hydrogen-bond donors (Lipinski definition) is 3. The Morgan fingerprint density at radius 2 is 1.65 bits per heavy atom. The van der Waals surface area contributed by atoms with Crippen molar-refractivity contribution in [3.05, 3.63) is 65.7 Å². The lowest BCUT2D eigenvalue weighted by molar-refractivity contribution is -0.136. The first-order valence-corrected chi connectivity index (χ1v) is 13.6. The van der Waals surface area contributed by atoms with Gasteiger partial charge in [-0.15, -0.1) is 0 Å². The highest BCUT2D eigenvalue weighted by Crippen LogP contribution is 2.29. The number of ketones is 1. The van der Waals surface area contributed by atoms with Gasteiger partial charge in [0.15, 0.2) is 5.78 Å². The third kappa shape index (κ3) is 7.45. The molecule has 2 saturated heterocycles.